The topological polar surface area (TPSA) is 52.6 Å². The number of rotatable bonds is 6. The summed E-state index contributed by atoms with van der Waals surface area (Å²) >= 11 is 0. The van der Waals surface area contributed by atoms with Crippen molar-refractivity contribution in [3.05, 3.63) is 78.0 Å². The minimum atomic E-state index is 0.474. The van der Waals surface area contributed by atoms with Crippen molar-refractivity contribution in [3.63, 3.8) is 0 Å². The second kappa shape index (κ2) is 10.2. The third-order valence-corrected chi connectivity index (χ3v) is 5.80. The summed E-state index contributed by atoms with van der Waals surface area (Å²) in [6.07, 6.45) is 5.07. The van der Waals surface area contributed by atoms with Gasteiger partial charge in [0.15, 0.2) is 5.96 Å². The van der Waals surface area contributed by atoms with Gasteiger partial charge in [-0.2, -0.15) is 0 Å². The Kier molecular flexibility index (Phi) is 6.93. The van der Waals surface area contributed by atoms with Crippen molar-refractivity contribution in [2.24, 2.45) is 4.99 Å². The first-order valence-electron chi connectivity index (χ1n) is 10.9. The molecule has 0 amide bonds. The number of guanidine groups is 1. The minimum absolute atomic E-state index is 0.474. The standard InChI is InChI=1S/C25H31N5/c1-26-25(28-16-12-22-10-5-9-21-11-6-15-27-24(21)22)29-23-13-17-30(18-14-23)19-20-7-3-2-4-8-20/h2-11,15,23H,12-14,16-19H2,1H3,(H2,26,28,29). The Morgan fingerprint density at radius 2 is 1.83 bits per heavy atom. The van der Waals surface area contributed by atoms with Crippen LogP contribution >= 0.6 is 0 Å². The van der Waals surface area contributed by atoms with Crippen LogP contribution in [0.15, 0.2) is 71.9 Å². The molecular formula is C25H31N5. The summed E-state index contributed by atoms with van der Waals surface area (Å²) in [5, 5.41) is 8.28. The van der Waals surface area contributed by atoms with Gasteiger partial charge in [0.25, 0.3) is 0 Å². The summed E-state index contributed by atoms with van der Waals surface area (Å²) in [4.78, 5) is 11.5. The molecule has 1 fully saturated rings. The quantitative estimate of drug-likeness (QED) is 0.489. The maximum Gasteiger partial charge on any atom is 0.191 e. The zero-order valence-electron chi connectivity index (χ0n) is 17.7. The summed E-state index contributed by atoms with van der Waals surface area (Å²) in [5.41, 5.74) is 3.75. The number of para-hydroxylation sites is 1. The molecule has 4 rings (SSSR count). The van der Waals surface area contributed by atoms with Crippen LogP contribution in [0.2, 0.25) is 0 Å². The maximum atomic E-state index is 4.55. The zero-order chi connectivity index (χ0) is 20.6. The number of aromatic nitrogens is 1. The lowest BCUT2D eigenvalue weighted by Gasteiger charge is -2.33. The summed E-state index contributed by atoms with van der Waals surface area (Å²) < 4.78 is 0. The Bertz CT molecular complexity index is 956. The van der Waals surface area contributed by atoms with E-state index in [4.69, 9.17) is 0 Å². The minimum Gasteiger partial charge on any atom is -0.356 e. The van der Waals surface area contributed by atoms with E-state index in [0.717, 1.165) is 56.9 Å². The third kappa shape index (κ3) is 5.36. The molecule has 2 aromatic carbocycles. The molecule has 2 N–H and O–H groups in total. The highest BCUT2D eigenvalue weighted by molar-refractivity contribution is 5.82. The van der Waals surface area contributed by atoms with Gasteiger partial charge in [-0.25, -0.2) is 0 Å². The first-order chi connectivity index (χ1) is 14.8. The van der Waals surface area contributed by atoms with E-state index in [-0.39, 0.29) is 0 Å². The van der Waals surface area contributed by atoms with Crippen molar-refractivity contribution < 1.29 is 0 Å². The average Bonchev–Trinajstić information content (AvgIpc) is 2.80. The normalized spacial score (nSPS) is 16.0. The predicted octanol–water partition coefficient (Wildman–Crippen LogP) is 3.61. The van der Waals surface area contributed by atoms with Crippen LogP contribution in [0.4, 0.5) is 0 Å². The molecule has 0 atom stereocenters. The van der Waals surface area contributed by atoms with Crippen molar-refractivity contribution >= 4 is 16.9 Å². The number of likely N-dealkylation sites (tertiary alicyclic amines) is 1. The molecule has 30 heavy (non-hydrogen) atoms. The Labute approximate surface area is 179 Å². The number of benzene rings is 2. The van der Waals surface area contributed by atoms with E-state index >= 15 is 0 Å². The highest BCUT2D eigenvalue weighted by atomic mass is 15.2. The number of fused-ring (bicyclic) bond motifs is 1. The van der Waals surface area contributed by atoms with Gasteiger partial charge in [0.2, 0.25) is 0 Å². The lowest BCUT2D eigenvalue weighted by atomic mass is 10.0. The molecule has 1 aliphatic heterocycles. The Hall–Kier alpha value is -2.92. The van der Waals surface area contributed by atoms with Crippen molar-refractivity contribution in [1.82, 2.24) is 20.5 Å². The van der Waals surface area contributed by atoms with E-state index in [1.807, 2.05) is 19.3 Å². The first-order valence-corrected chi connectivity index (χ1v) is 10.9. The van der Waals surface area contributed by atoms with Crippen molar-refractivity contribution in [1.29, 1.82) is 0 Å². The molecule has 1 saturated heterocycles. The first kappa shape index (κ1) is 20.4. The monoisotopic (exact) mass is 401 g/mol. The molecule has 0 aliphatic carbocycles. The molecule has 1 aromatic heterocycles. The Morgan fingerprint density at radius 3 is 2.63 bits per heavy atom. The molecular weight excluding hydrogens is 370 g/mol. The van der Waals surface area contributed by atoms with Gasteiger partial charge >= 0.3 is 0 Å². The zero-order valence-corrected chi connectivity index (χ0v) is 17.7. The summed E-state index contributed by atoms with van der Waals surface area (Å²) in [7, 11) is 1.85. The van der Waals surface area contributed by atoms with Crippen LogP contribution in [-0.4, -0.2) is 48.6 Å². The SMILES string of the molecule is CN=C(NCCc1cccc2cccnc12)NC1CCN(Cc2ccccc2)CC1. The number of nitrogens with zero attached hydrogens (tertiary/aromatic N) is 3. The van der Waals surface area contributed by atoms with Crippen LogP contribution in [0.3, 0.4) is 0 Å². The number of hydrogen-bond donors (Lipinski definition) is 2. The van der Waals surface area contributed by atoms with Gasteiger partial charge in [-0.15, -0.1) is 0 Å². The molecule has 5 heteroatoms. The molecule has 0 bridgehead atoms. The molecule has 3 aromatic rings. The third-order valence-electron chi connectivity index (χ3n) is 5.80. The molecule has 2 heterocycles. The van der Waals surface area contributed by atoms with Gasteiger partial charge < -0.3 is 10.6 Å². The number of piperidine rings is 1. The number of nitrogens with one attached hydrogen (secondary N) is 2. The van der Waals surface area contributed by atoms with Crippen LogP contribution in [0.5, 0.6) is 0 Å². The largest absolute Gasteiger partial charge is 0.356 e. The van der Waals surface area contributed by atoms with E-state index in [2.05, 4.69) is 80.1 Å². The van der Waals surface area contributed by atoms with Gasteiger partial charge in [0, 0.05) is 50.9 Å². The van der Waals surface area contributed by atoms with Crippen LogP contribution in [0, 0.1) is 0 Å². The summed E-state index contributed by atoms with van der Waals surface area (Å²) in [6.45, 7) is 4.11. The van der Waals surface area contributed by atoms with Crippen molar-refractivity contribution in [2.45, 2.75) is 31.8 Å². The molecule has 1 aliphatic rings. The molecule has 5 nitrogen and oxygen atoms in total. The van der Waals surface area contributed by atoms with E-state index in [1.165, 1.54) is 16.5 Å². The summed E-state index contributed by atoms with van der Waals surface area (Å²) in [5.74, 6) is 0.893. The second-order valence-electron chi connectivity index (χ2n) is 7.92. The Balaban J connectivity index is 1.23. The summed E-state index contributed by atoms with van der Waals surface area (Å²) in [6, 6.07) is 21.7. The van der Waals surface area contributed by atoms with Crippen molar-refractivity contribution in [2.75, 3.05) is 26.7 Å². The number of pyridine rings is 1. The fourth-order valence-corrected chi connectivity index (χ4v) is 4.15. The van der Waals surface area contributed by atoms with Gasteiger partial charge in [-0.1, -0.05) is 54.6 Å². The number of hydrogen-bond acceptors (Lipinski definition) is 3. The number of aliphatic imine (C=N–C) groups is 1. The highest BCUT2D eigenvalue weighted by Crippen LogP contribution is 2.16. The second-order valence-corrected chi connectivity index (χ2v) is 7.92. The maximum absolute atomic E-state index is 4.55. The smallest absolute Gasteiger partial charge is 0.191 e. The van der Waals surface area contributed by atoms with Crippen molar-refractivity contribution in [3.8, 4) is 0 Å². The Morgan fingerprint density at radius 1 is 1.03 bits per heavy atom. The molecule has 0 radical (unpaired) electrons. The van der Waals surface area contributed by atoms with E-state index in [9.17, 15) is 0 Å². The van der Waals surface area contributed by atoms with Gasteiger partial charge in [-0.3, -0.25) is 14.9 Å². The fourth-order valence-electron chi connectivity index (χ4n) is 4.15. The predicted molar refractivity (Wildman–Crippen MR) is 125 cm³/mol. The molecule has 156 valence electrons. The average molecular weight is 402 g/mol. The van der Waals surface area contributed by atoms with Gasteiger partial charge in [0.05, 0.1) is 5.52 Å². The van der Waals surface area contributed by atoms with Gasteiger partial charge in [-0.05, 0) is 36.5 Å². The van der Waals surface area contributed by atoms with E-state index < -0.39 is 0 Å². The van der Waals surface area contributed by atoms with Crippen LogP contribution in [0.1, 0.15) is 24.0 Å². The fraction of sp³-hybridized carbons (Fsp3) is 0.360. The van der Waals surface area contributed by atoms with Crippen LogP contribution in [0.25, 0.3) is 10.9 Å². The van der Waals surface area contributed by atoms with E-state index in [1.54, 1.807) is 0 Å². The lowest BCUT2D eigenvalue weighted by Crippen LogP contribution is -2.48. The highest BCUT2D eigenvalue weighted by Gasteiger charge is 2.20. The van der Waals surface area contributed by atoms with Crippen LogP contribution in [-0.2, 0) is 13.0 Å². The van der Waals surface area contributed by atoms with Gasteiger partial charge in [0.1, 0.15) is 0 Å². The van der Waals surface area contributed by atoms with E-state index in [0.29, 0.717) is 6.04 Å². The van der Waals surface area contributed by atoms with Crippen LogP contribution < -0.4 is 10.6 Å². The lowest BCUT2D eigenvalue weighted by molar-refractivity contribution is 0.198. The molecule has 0 saturated carbocycles. The molecule has 0 unspecified atom stereocenters. The molecule has 0 spiro atoms.